The minimum Gasteiger partial charge on any atom is -0.356 e. The molecule has 0 saturated carbocycles. The second-order valence-corrected chi connectivity index (χ2v) is 6.26. The van der Waals surface area contributed by atoms with Gasteiger partial charge in [0, 0.05) is 0 Å². The van der Waals surface area contributed by atoms with Gasteiger partial charge < -0.3 is 10.6 Å². The zero-order chi connectivity index (χ0) is 16.1. The maximum atomic E-state index is 6.16. The van der Waals surface area contributed by atoms with Gasteiger partial charge in [0.2, 0.25) is 0 Å². The van der Waals surface area contributed by atoms with Crippen molar-refractivity contribution in [3.63, 3.8) is 0 Å². The Balaban J connectivity index is 2.06. The van der Waals surface area contributed by atoms with Crippen molar-refractivity contribution in [2.45, 2.75) is 26.3 Å². The van der Waals surface area contributed by atoms with E-state index in [1.54, 1.807) is 6.07 Å². The van der Waals surface area contributed by atoms with Gasteiger partial charge in [-0.05, 0) is 43.3 Å². The van der Waals surface area contributed by atoms with E-state index >= 15 is 0 Å². The molecule has 2 nitrogen and oxygen atoms in total. The van der Waals surface area contributed by atoms with E-state index in [2.05, 4.69) is 48.7 Å². The van der Waals surface area contributed by atoms with Gasteiger partial charge in [0.05, 0.1) is 21.8 Å². The van der Waals surface area contributed by atoms with E-state index in [1.165, 1.54) is 11.1 Å². The smallest absolute Gasteiger partial charge is 0.171 e. The third-order valence-electron chi connectivity index (χ3n) is 3.39. The van der Waals surface area contributed by atoms with E-state index in [4.69, 9.17) is 35.4 Å². The van der Waals surface area contributed by atoms with Crippen molar-refractivity contribution in [2.24, 2.45) is 0 Å². The zero-order valence-corrected chi connectivity index (χ0v) is 14.8. The average Bonchev–Trinajstić information content (AvgIpc) is 2.50. The van der Waals surface area contributed by atoms with Crippen LogP contribution in [-0.2, 0) is 0 Å². The Bertz CT molecular complexity index is 656. The molecule has 0 saturated heterocycles. The second-order valence-electron chi connectivity index (χ2n) is 5.07. The van der Waals surface area contributed by atoms with Gasteiger partial charge in [-0.25, -0.2) is 0 Å². The summed E-state index contributed by atoms with van der Waals surface area (Å²) < 4.78 is 0. The van der Waals surface area contributed by atoms with Crippen LogP contribution < -0.4 is 10.6 Å². The van der Waals surface area contributed by atoms with Crippen LogP contribution in [0.2, 0.25) is 10.0 Å². The summed E-state index contributed by atoms with van der Waals surface area (Å²) in [6, 6.07) is 14.0. The van der Waals surface area contributed by atoms with Gasteiger partial charge in [0.25, 0.3) is 0 Å². The van der Waals surface area contributed by atoms with Crippen LogP contribution in [-0.4, -0.2) is 5.11 Å². The maximum Gasteiger partial charge on any atom is 0.171 e. The van der Waals surface area contributed by atoms with E-state index < -0.39 is 0 Å². The van der Waals surface area contributed by atoms with Crippen molar-refractivity contribution in [3.8, 4) is 0 Å². The molecule has 0 bridgehead atoms. The Hall–Kier alpha value is -1.29. The molecule has 0 aromatic heterocycles. The van der Waals surface area contributed by atoms with Crippen LogP contribution in [0.15, 0.2) is 42.5 Å². The Kier molecular flexibility index (Phi) is 6.07. The highest BCUT2D eigenvalue weighted by molar-refractivity contribution is 7.80. The summed E-state index contributed by atoms with van der Waals surface area (Å²) in [6.45, 7) is 4.19. The SMILES string of the molecule is CCC(NC(=S)Nc1cccc(Cl)c1Cl)c1ccc(C)cc1. The topological polar surface area (TPSA) is 24.1 Å². The molecule has 0 aliphatic heterocycles. The molecular formula is C17H18Cl2N2S. The average molecular weight is 353 g/mol. The summed E-state index contributed by atoms with van der Waals surface area (Å²) in [5.74, 6) is 0. The van der Waals surface area contributed by atoms with E-state index in [9.17, 15) is 0 Å². The molecule has 116 valence electrons. The van der Waals surface area contributed by atoms with E-state index in [1.807, 2.05) is 12.1 Å². The molecule has 1 unspecified atom stereocenters. The second kappa shape index (κ2) is 7.82. The van der Waals surface area contributed by atoms with Gasteiger partial charge >= 0.3 is 0 Å². The lowest BCUT2D eigenvalue weighted by molar-refractivity contribution is 0.629. The lowest BCUT2D eigenvalue weighted by atomic mass is 10.0. The number of aryl methyl sites for hydroxylation is 1. The molecule has 0 heterocycles. The number of hydrogen-bond acceptors (Lipinski definition) is 1. The number of nitrogens with one attached hydrogen (secondary N) is 2. The molecule has 2 aromatic rings. The van der Waals surface area contributed by atoms with Gasteiger partial charge in [0.15, 0.2) is 5.11 Å². The van der Waals surface area contributed by atoms with Crippen LogP contribution in [0.5, 0.6) is 0 Å². The molecule has 22 heavy (non-hydrogen) atoms. The van der Waals surface area contributed by atoms with Gasteiger partial charge in [-0.1, -0.05) is 66.0 Å². The molecule has 0 aliphatic carbocycles. The number of anilines is 1. The number of benzene rings is 2. The Morgan fingerprint density at radius 3 is 2.45 bits per heavy atom. The highest BCUT2D eigenvalue weighted by atomic mass is 35.5. The van der Waals surface area contributed by atoms with Crippen LogP contribution in [0, 0.1) is 6.92 Å². The first-order chi connectivity index (χ1) is 10.5. The zero-order valence-electron chi connectivity index (χ0n) is 12.5. The largest absolute Gasteiger partial charge is 0.356 e. The van der Waals surface area contributed by atoms with Crippen LogP contribution in [0.4, 0.5) is 5.69 Å². The fourth-order valence-electron chi connectivity index (χ4n) is 2.14. The summed E-state index contributed by atoms with van der Waals surface area (Å²) >= 11 is 17.5. The summed E-state index contributed by atoms with van der Waals surface area (Å²) in [7, 11) is 0. The molecule has 0 radical (unpaired) electrons. The first kappa shape index (κ1) is 17.1. The normalized spacial score (nSPS) is 11.8. The standard InChI is InChI=1S/C17H18Cl2N2S/c1-3-14(12-9-7-11(2)8-10-12)20-17(22)21-15-6-4-5-13(18)16(15)19/h4-10,14H,3H2,1-2H3,(H2,20,21,22). The summed E-state index contributed by atoms with van der Waals surface area (Å²) in [5, 5.41) is 7.91. The molecule has 0 amide bonds. The Labute approximate surface area is 146 Å². The van der Waals surface area contributed by atoms with E-state index in [0.29, 0.717) is 20.8 Å². The lowest BCUT2D eigenvalue weighted by Gasteiger charge is -2.20. The third-order valence-corrected chi connectivity index (χ3v) is 4.43. The van der Waals surface area contributed by atoms with Gasteiger partial charge in [-0.15, -0.1) is 0 Å². The van der Waals surface area contributed by atoms with Gasteiger partial charge in [-0.2, -0.15) is 0 Å². The highest BCUT2D eigenvalue weighted by Gasteiger charge is 2.12. The first-order valence-corrected chi connectivity index (χ1v) is 8.25. The summed E-state index contributed by atoms with van der Waals surface area (Å²) in [5.41, 5.74) is 3.14. The molecule has 5 heteroatoms. The quantitative estimate of drug-likeness (QED) is 0.686. The summed E-state index contributed by atoms with van der Waals surface area (Å²) in [4.78, 5) is 0. The summed E-state index contributed by atoms with van der Waals surface area (Å²) in [6.07, 6.45) is 0.925. The monoisotopic (exact) mass is 352 g/mol. The maximum absolute atomic E-state index is 6.16. The number of halogens is 2. The van der Waals surface area contributed by atoms with Crippen molar-refractivity contribution < 1.29 is 0 Å². The number of hydrogen-bond donors (Lipinski definition) is 2. The van der Waals surface area contributed by atoms with Gasteiger partial charge in [0.1, 0.15) is 0 Å². The van der Waals surface area contributed by atoms with E-state index in [0.717, 1.165) is 6.42 Å². The molecular weight excluding hydrogens is 335 g/mol. The Morgan fingerprint density at radius 1 is 1.14 bits per heavy atom. The first-order valence-electron chi connectivity index (χ1n) is 7.09. The van der Waals surface area contributed by atoms with Crippen molar-refractivity contribution in [1.29, 1.82) is 0 Å². The minimum absolute atomic E-state index is 0.151. The molecule has 1 atom stereocenters. The highest BCUT2D eigenvalue weighted by Crippen LogP contribution is 2.29. The minimum atomic E-state index is 0.151. The predicted octanol–water partition coefficient (Wildman–Crippen LogP) is 5.74. The van der Waals surface area contributed by atoms with Crippen LogP contribution >= 0.6 is 35.4 Å². The van der Waals surface area contributed by atoms with E-state index in [-0.39, 0.29) is 6.04 Å². The molecule has 0 fully saturated rings. The van der Waals surface area contributed by atoms with Gasteiger partial charge in [-0.3, -0.25) is 0 Å². The molecule has 2 N–H and O–H groups in total. The van der Waals surface area contributed by atoms with Crippen molar-refractivity contribution in [3.05, 3.63) is 63.6 Å². The van der Waals surface area contributed by atoms with Crippen molar-refractivity contribution >= 4 is 46.2 Å². The molecule has 0 spiro atoms. The Morgan fingerprint density at radius 2 is 1.82 bits per heavy atom. The van der Waals surface area contributed by atoms with Crippen LogP contribution in [0.1, 0.15) is 30.5 Å². The number of thiocarbonyl (C=S) groups is 1. The fourth-order valence-corrected chi connectivity index (χ4v) is 2.74. The predicted molar refractivity (Wildman–Crippen MR) is 100 cm³/mol. The molecule has 0 aliphatic rings. The third kappa shape index (κ3) is 4.35. The van der Waals surface area contributed by atoms with Crippen LogP contribution in [0.3, 0.4) is 0 Å². The fraction of sp³-hybridized carbons (Fsp3) is 0.235. The lowest BCUT2D eigenvalue weighted by Crippen LogP contribution is -2.32. The van der Waals surface area contributed by atoms with Crippen molar-refractivity contribution in [2.75, 3.05) is 5.32 Å². The molecule has 2 rings (SSSR count). The van der Waals surface area contributed by atoms with Crippen LogP contribution in [0.25, 0.3) is 0 Å². The number of rotatable bonds is 4. The van der Waals surface area contributed by atoms with Crippen molar-refractivity contribution in [1.82, 2.24) is 5.32 Å². The molecule has 2 aromatic carbocycles.